The second-order valence-electron chi connectivity index (χ2n) is 5.78. The predicted octanol–water partition coefficient (Wildman–Crippen LogP) is 2.86. The van der Waals surface area contributed by atoms with Gasteiger partial charge in [0.05, 0.1) is 0 Å². The zero-order chi connectivity index (χ0) is 16.1. The van der Waals surface area contributed by atoms with Crippen molar-refractivity contribution in [3.8, 4) is 0 Å². The minimum absolute atomic E-state index is 0.207. The monoisotopic (exact) mass is 308 g/mol. The zero-order valence-corrected chi connectivity index (χ0v) is 13.1. The van der Waals surface area contributed by atoms with Gasteiger partial charge in [0.1, 0.15) is 0 Å². The van der Waals surface area contributed by atoms with E-state index in [2.05, 4.69) is 30.3 Å². The van der Waals surface area contributed by atoms with E-state index in [0.717, 1.165) is 40.9 Å². The molecule has 0 saturated carbocycles. The van der Waals surface area contributed by atoms with Crippen LogP contribution in [0.25, 0.3) is 21.5 Å². The number of fused-ring (bicyclic) bond motifs is 2. The van der Waals surface area contributed by atoms with Crippen molar-refractivity contribution in [2.24, 2.45) is 0 Å². The zero-order valence-electron chi connectivity index (χ0n) is 13.1. The largest absolute Gasteiger partial charge is 0.491 e. The van der Waals surface area contributed by atoms with Crippen molar-refractivity contribution in [3.05, 3.63) is 54.6 Å². The number of aliphatic hydroxyl groups excluding tert-OH is 1. The molecule has 3 aromatic rings. The van der Waals surface area contributed by atoms with Crippen LogP contribution in [-0.4, -0.2) is 30.5 Å². The van der Waals surface area contributed by atoms with Crippen molar-refractivity contribution in [2.75, 3.05) is 13.2 Å². The van der Waals surface area contributed by atoms with Gasteiger partial charge in [-0.2, -0.15) is 0 Å². The third-order valence-electron chi connectivity index (χ3n) is 4.12. The number of unbranched alkanes of at least 4 members (excludes halogenated alkanes) is 2. The van der Waals surface area contributed by atoms with E-state index in [1.54, 1.807) is 0 Å². The normalized spacial score (nSPS) is 11.2. The van der Waals surface area contributed by atoms with Gasteiger partial charge in [-0.1, -0.05) is 42.5 Å². The van der Waals surface area contributed by atoms with Gasteiger partial charge in [-0.25, -0.2) is 0 Å². The highest BCUT2D eigenvalue weighted by Gasteiger charge is 2.19. The molecule has 0 aliphatic carbocycles. The SMILES string of the molecule is OCCCCCOB(O)c1cccc2cc3ccccc3cc12. The van der Waals surface area contributed by atoms with E-state index in [9.17, 15) is 5.02 Å². The van der Waals surface area contributed by atoms with Gasteiger partial charge in [0.15, 0.2) is 0 Å². The molecule has 0 aliphatic rings. The Balaban J connectivity index is 1.83. The Hall–Kier alpha value is -1.88. The van der Waals surface area contributed by atoms with E-state index >= 15 is 0 Å². The molecule has 0 fully saturated rings. The maximum Gasteiger partial charge on any atom is 0.491 e. The number of rotatable bonds is 7. The van der Waals surface area contributed by atoms with Crippen molar-refractivity contribution in [3.63, 3.8) is 0 Å². The van der Waals surface area contributed by atoms with Gasteiger partial charge in [-0.05, 0) is 58.4 Å². The molecule has 3 aromatic carbocycles. The van der Waals surface area contributed by atoms with Gasteiger partial charge in [0.2, 0.25) is 0 Å². The van der Waals surface area contributed by atoms with Crippen molar-refractivity contribution in [2.45, 2.75) is 19.3 Å². The second-order valence-corrected chi connectivity index (χ2v) is 5.78. The molecule has 0 atom stereocenters. The fraction of sp³-hybridized carbons (Fsp3) is 0.263. The second kappa shape index (κ2) is 7.60. The minimum Gasteiger partial charge on any atom is -0.423 e. The van der Waals surface area contributed by atoms with Gasteiger partial charge in [-0.3, -0.25) is 0 Å². The summed E-state index contributed by atoms with van der Waals surface area (Å²) in [5, 5.41) is 23.6. The highest BCUT2D eigenvalue weighted by atomic mass is 16.5. The first-order chi connectivity index (χ1) is 11.3. The minimum atomic E-state index is -0.922. The lowest BCUT2D eigenvalue weighted by molar-refractivity contribution is 0.247. The van der Waals surface area contributed by atoms with Gasteiger partial charge in [-0.15, -0.1) is 0 Å². The molecule has 3 rings (SSSR count). The van der Waals surface area contributed by atoms with Crippen LogP contribution in [0.2, 0.25) is 0 Å². The van der Waals surface area contributed by atoms with E-state index in [0.29, 0.717) is 6.61 Å². The molecule has 0 aromatic heterocycles. The van der Waals surface area contributed by atoms with Gasteiger partial charge in [0, 0.05) is 13.2 Å². The summed E-state index contributed by atoms with van der Waals surface area (Å²) < 4.78 is 5.57. The first kappa shape index (κ1) is 16.0. The number of hydrogen-bond donors (Lipinski definition) is 2. The fourth-order valence-corrected chi connectivity index (χ4v) is 2.88. The average molecular weight is 308 g/mol. The Morgan fingerprint density at radius 1 is 0.826 bits per heavy atom. The van der Waals surface area contributed by atoms with E-state index in [-0.39, 0.29) is 6.61 Å². The number of aliphatic hydroxyl groups is 1. The molecule has 0 saturated heterocycles. The molecule has 0 heterocycles. The maximum absolute atomic E-state index is 10.4. The molecule has 3 nitrogen and oxygen atoms in total. The molecular weight excluding hydrogens is 287 g/mol. The molecule has 0 spiro atoms. The van der Waals surface area contributed by atoms with Crippen LogP contribution in [-0.2, 0) is 4.65 Å². The van der Waals surface area contributed by atoms with Crippen molar-refractivity contribution >= 4 is 34.1 Å². The van der Waals surface area contributed by atoms with Crippen LogP contribution in [0, 0.1) is 0 Å². The molecule has 0 radical (unpaired) electrons. The van der Waals surface area contributed by atoms with Crippen molar-refractivity contribution < 1.29 is 14.8 Å². The third-order valence-corrected chi connectivity index (χ3v) is 4.12. The fourth-order valence-electron chi connectivity index (χ4n) is 2.88. The Kier molecular flexibility index (Phi) is 5.29. The summed E-state index contributed by atoms with van der Waals surface area (Å²) in [6, 6.07) is 18.4. The average Bonchev–Trinajstić information content (AvgIpc) is 2.59. The summed E-state index contributed by atoms with van der Waals surface area (Å²) in [4.78, 5) is 0. The Morgan fingerprint density at radius 2 is 1.57 bits per heavy atom. The van der Waals surface area contributed by atoms with Crippen LogP contribution >= 0.6 is 0 Å². The van der Waals surface area contributed by atoms with Crippen LogP contribution in [0.4, 0.5) is 0 Å². The number of benzene rings is 3. The van der Waals surface area contributed by atoms with E-state index < -0.39 is 7.12 Å². The number of hydrogen-bond acceptors (Lipinski definition) is 3. The van der Waals surface area contributed by atoms with Crippen LogP contribution < -0.4 is 5.46 Å². The Morgan fingerprint density at radius 3 is 2.35 bits per heavy atom. The van der Waals surface area contributed by atoms with Crippen molar-refractivity contribution in [1.29, 1.82) is 0 Å². The molecule has 0 unspecified atom stereocenters. The summed E-state index contributed by atoms with van der Waals surface area (Å²) in [6.07, 6.45) is 2.52. The molecule has 23 heavy (non-hydrogen) atoms. The lowest BCUT2D eigenvalue weighted by Crippen LogP contribution is -2.34. The summed E-state index contributed by atoms with van der Waals surface area (Å²) in [6.45, 7) is 0.698. The molecule has 118 valence electrons. The van der Waals surface area contributed by atoms with Gasteiger partial charge >= 0.3 is 7.12 Å². The summed E-state index contributed by atoms with van der Waals surface area (Å²) in [5.41, 5.74) is 0.801. The standard InChI is InChI=1S/C19H21BO3/c21-11-4-1-5-12-23-20(22)19-10-6-9-17-13-15-7-2-3-8-16(15)14-18(17)19/h2-3,6-10,13-14,21-22H,1,4-5,11-12H2. The Labute approximate surface area is 136 Å². The van der Waals surface area contributed by atoms with Crippen LogP contribution in [0.1, 0.15) is 19.3 Å². The van der Waals surface area contributed by atoms with Crippen LogP contribution in [0.3, 0.4) is 0 Å². The van der Waals surface area contributed by atoms with E-state index in [4.69, 9.17) is 9.76 Å². The summed E-state index contributed by atoms with van der Waals surface area (Å²) in [7, 11) is -0.922. The molecule has 0 bridgehead atoms. The van der Waals surface area contributed by atoms with Crippen LogP contribution in [0.15, 0.2) is 54.6 Å². The first-order valence-corrected chi connectivity index (χ1v) is 8.11. The lowest BCUT2D eigenvalue weighted by atomic mass is 9.76. The highest BCUT2D eigenvalue weighted by Crippen LogP contribution is 2.21. The van der Waals surface area contributed by atoms with Gasteiger partial charge < -0.3 is 14.8 Å². The third kappa shape index (κ3) is 3.73. The molecule has 2 N–H and O–H groups in total. The molecular formula is C19H21BO3. The smallest absolute Gasteiger partial charge is 0.423 e. The highest BCUT2D eigenvalue weighted by molar-refractivity contribution is 6.63. The summed E-state index contributed by atoms with van der Waals surface area (Å²) >= 11 is 0. The molecule has 4 heteroatoms. The molecule has 0 amide bonds. The Bertz CT molecular complexity index is 788. The molecule has 0 aliphatic heterocycles. The van der Waals surface area contributed by atoms with Gasteiger partial charge in [0.25, 0.3) is 0 Å². The summed E-state index contributed by atoms with van der Waals surface area (Å²) in [5.74, 6) is 0. The first-order valence-electron chi connectivity index (χ1n) is 8.11. The topological polar surface area (TPSA) is 49.7 Å². The van der Waals surface area contributed by atoms with Crippen molar-refractivity contribution in [1.82, 2.24) is 0 Å². The van der Waals surface area contributed by atoms with E-state index in [1.807, 2.05) is 24.3 Å². The predicted molar refractivity (Wildman–Crippen MR) is 95.9 cm³/mol. The van der Waals surface area contributed by atoms with Crippen LogP contribution in [0.5, 0.6) is 0 Å². The quantitative estimate of drug-likeness (QED) is 0.401. The lowest BCUT2D eigenvalue weighted by Gasteiger charge is -2.12. The maximum atomic E-state index is 10.4. The van der Waals surface area contributed by atoms with E-state index in [1.165, 1.54) is 5.39 Å².